The van der Waals surface area contributed by atoms with Gasteiger partial charge in [0.15, 0.2) is 0 Å². The maximum Gasteiger partial charge on any atom is 0.101 e. The second kappa shape index (κ2) is 3.55. The zero-order valence-electron chi connectivity index (χ0n) is 9.56. The van der Waals surface area contributed by atoms with Gasteiger partial charge in [0.05, 0.1) is 5.69 Å². The van der Waals surface area contributed by atoms with Crippen molar-refractivity contribution < 1.29 is 0 Å². The first-order chi connectivity index (χ1) is 7.76. The quantitative estimate of drug-likeness (QED) is 0.519. The first-order valence-electron chi connectivity index (χ1n) is 5.95. The Balaban J connectivity index is 1.79. The summed E-state index contributed by atoms with van der Waals surface area (Å²) in [4.78, 5) is 0. The Morgan fingerprint density at radius 3 is 2.62 bits per heavy atom. The molecule has 1 saturated carbocycles. The third-order valence-electron chi connectivity index (χ3n) is 3.64. The topological polar surface area (TPSA) is 24.7 Å². The van der Waals surface area contributed by atoms with E-state index in [-0.39, 0.29) is 5.54 Å². The Hall–Kier alpha value is -1.44. The molecule has 0 aliphatic heterocycles. The van der Waals surface area contributed by atoms with Crippen LogP contribution in [0.25, 0.3) is 0 Å². The summed E-state index contributed by atoms with van der Waals surface area (Å²) in [5.74, 6) is 0.761. The molecule has 2 heteroatoms. The molecular weight excluding hydrogens is 196 g/mol. The highest BCUT2D eigenvalue weighted by Crippen LogP contribution is 2.45. The molecule has 2 bridgehead atoms. The van der Waals surface area contributed by atoms with Crippen molar-refractivity contribution in [3.8, 4) is 0 Å². The highest BCUT2D eigenvalue weighted by atomic mass is 15.2. The van der Waals surface area contributed by atoms with E-state index in [0.29, 0.717) is 0 Å². The largest absolute Gasteiger partial charge is 0.178 e. The van der Waals surface area contributed by atoms with Gasteiger partial charge < -0.3 is 0 Å². The van der Waals surface area contributed by atoms with Crippen LogP contribution in [0.1, 0.15) is 24.8 Å². The second-order valence-electron chi connectivity index (χ2n) is 5.00. The predicted octanol–water partition coefficient (Wildman–Crippen LogP) is 4.19. The van der Waals surface area contributed by atoms with Gasteiger partial charge in [-0.3, -0.25) is 0 Å². The standard InChI is InChI=1S/C14H16N2/c1-11-2-4-13(5-3-11)15-16-14-8-6-12(10-14)7-9-14/h2-6,8,12H,7,9-10H2,1H3. The fourth-order valence-electron chi connectivity index (χ4n) is 2.62. The van der Waals surface area contributed by atoms with Crippen LogP contribution < -0.4 is 0 Å². The van der Waals surface area contributed by atoms with E-state index in [1.165, 1.54) is 24.8 Å². The van der Waals surface area contributed by atoms with Crippen LogP contribution in [-0.4, -0.2) is 5.54 Å². The molecule has 1 aromatic rings. The molecule has 0 amide bonds. The zero-order valence-corrected chi connectivity index (χ0v) is 9.56. The molecular formula is C14H16N2. The summed E-state index contributed by atoms with van der Waals surface area (Å²) in [5, 5.41) is 8.93. The number of aryl methyl sites for hydroxylation is 1. The van der Waals surface area contributed by atoms with Gasteiger partial charge in [-0.05, 0) is 44.2 Å². The molecule has 82 valence electrons. The third kappa shape index (κ3) is 1.69. The van der Waals surface area contributed by atoms with Crippen molar-refractivity contribution in [3.63, 3.8) is 0 Å². The number of nitrogens with zero attached hydrogens (tertiary/aromatic N) is 2. The molecule has 2 aliphatic rings. The van der Waals surface area contributed by atoms with E-state index in [1.54, 1.807) is 0 Å². The molecule has 0 radical (unpaired) electrons. The summed E-state index contributed by atoms with van der Waals surface area (Å²) in [6, 6.07) is 8.21. The van der Waals surface area contributed by atoms with Crippen molar-refractivity contribution in [1.29, 1.82) is 0 Å². The molecule has 0 saturated heterocycles. The van der Waals surface area contributed by atoms with Crippen LogP contribution in [-0.2, 0) is 0 Å². The summed E-state index contributed by atoms with van der Waals surface area (Å²) in [6.45, 7) is 2.08. The molecule has 2 aliphatic carbocycles. The van der Waals surface area contributed by atoms with Crippen molar-refractivity contribution in [2.45, 2.75) is 31.7 Å². The minimum absolute atomic E-state index is 0.0373. The van der Waals surface area contributed by atoms with Gasteiger partial charge in [-0.1, -0.05) is 29.8 Å². The monoisotopic (exact) mass is 212 g/mol. The smallest absolute Gasteiger partial charge is 0.101 e. The molecule has 3 rings (SSSR count). The SMILES string of the molecule is Cc1ccc(N=NC23C=CC(CC2)C3)cc1. The summed E-state index contributed by atoms with van der Waals surface area (Å²) in [7, 11) is 0. The molecule has 0 N–H and O–H groups in total. The van der Waals surface area contributed by atoms with Crippen LogP contribution in [0.2, 0.25) is 0 Å². The number of fused-ring (bicyclic) bond motifs is 2. The van der Waals surface area contributed by atoms with Gasteiger partial charge in [-0.15, -0.1) is 0 Å². The molecule has 2 atom stereocenters. The van der Waals surface area contributed by atoms with Gasteiger partial charge in [0.25, 0.3) is 0 Å². The molecule has 1 fully saturated rings. The summed E-state index contributed by atoms with van der Waals surface area (Å²) in [5.41, 5.74) is 2.26. The van der Waals surface area contributed by atoms with Crippen molar-refractivity contribution >= 4 is 5.69 Å². The van der Waals surface area contributed by atoms with Crippen molar-refractivity contribution in [1.82, 2.24) is 0 Å². The van der Waals surface area contributed by atoms with E-state index in [4.69, 9.17) is 0 Å². The maximum absolute atomic E-state index is 4.55. The lowest BCUT2D eigenvalue weighted by atomic mass is 10.0. The molecule has 0 aromatic heterocycles. The lowest BCUT2D eigenvalue weighted by molar-refractivity contribution is 0.534. The molecule has 0 spiro atoms. The number of allylic oxidation sites excluding steroid dienone is 1. The van der Waals surface area contributed by atoms with Crippen LogP contribution in [0.3, 0.4) is 0 Å². The lowest BCUT2D eigenvalue weighted by Crippen LogP contribution is -2.15. The second-order valence-corrected chi connectivity index (χ2v) is 5.00. The predicted molar refractivity (Wildman–Crippen MR) is 64.9 cm³/mol. The summed E-state index contributed by atoms with van der Waals surface area (Å²) >= 11 is 0. The van der Waals surface area contributed by atoms with E-state index < -0.39 is 0 Å². The van der Waals surface area contributed by atoms with Crippen LogP contribution >= 0.6 is 0 Å². The van der Waals surface area contributed by atoms with Crippen molar-refractivity contribution in [2.75, 3.05) is 0 Å². The van der Waals surface area contributed by atoms with Crippen molar-refractivity contribution in [3.05, 3.63) is 42.0 Å². The molecule has 16 heavy (non-hydrogen) atoms. The fourth-order valence-corrected chi connectivity index (χ4v) is 2.62. The number of rotatable bonds is 2. The number of hydrogen-bond acceptors (Lipinski definition) is 2. The number of hydrogen-bond donors (Lipinski definition) is 0. The Labute approximate surface area is 96.1 Å². The van der Waals surface area contributed by atoms with E-state index in [2.05, 4.69) is 41.4 Å². The van der Waals surface area contributed by atoms with E-state index >= 15 is 0 Å². The van der Waals surface area contributed by atoms with Gasteiger partial charge in [-0.25, -0.2) is 0 Å². The Morgan fingerprint density at radius 1 is 1.25 bits per heavy atom. The summed E-state index contributed by atoms with van der Waals surface area (Å²) in [6.07, 6.45) is 8.17. The van der Waals surface area contributed by atoms with Crippen LogP contribution in [0.15, 0.2) is 46.6 Å². The Kier molecular flexibility index (Phi) is 2.16. The van der Waals surface area contributed by atoms with Crippen LogP contribution in [0.4, 0.5) is 5.69 Å². The number of benzene rings is 1. The molecule has 2 unspecified atom stereocenters. The van der Waals surface area contributed by atoms with Crippen LogP contribution in [0.5, 0.6) is 0 Å². The fraction of sp³-hybridized carbons (Fsp3) is 0.429. The lowest BCUT2D eigenvalue weighted by Gasteiger charge is -2.15. The van der Waals surface area contributed by atoms with Gasteiger partial charge in [0.2, 0.25) is 0 Å². The highest BCUT2D eigenvalue weighted by molar-refractivity contribution is 5.38. The van der Waals surface area contributed by atoms with Gasteiger partial charge in [0.1, 0.15) is 5.54 Å². The average molecular weight is 212 g/mol. The molecule has 1 aromatic carbocycles. The van der Waals surface area contributed by atoms with E-state index in [1.807, 2.05) is 12.1 Å². The van der Waals surface area contributed by atoms with E-state index in [0.717, 1.165) is 11.6 Å². The minimum Gasteiger partial charge on any atom is -0.178 e. The van der Waals surface area contributed by atoms with Gasteiger partial charge >= 0.3 is 0 Å². The minimum atomic E-state index is 0.0373. The highest BCUT2D eigenvalue weighted by Gasteiger charge is 2.40. The molecule has 0 heterocycles. The number of azo groups is 1. The average Bonchev–Trinajstić information content (AvgIpc) is 2.89. The Bertz CT molecular complexity index is 444. The van der Waals surface area contributed by atoms with E-state index in [9.17, 15) is 0 Å². The first-order valence-corrected chi connectivity index (χ1v) is 5.95. The van der Waals surface area contributed by atoms with Gasteiger partial charge in [-0.2, -0.15) is 10.2 Å². The molecule has 2 nitrogen and oxygen atoms in total. The summed E-state index contributed by atoms with van der Waals surface area (Å²) < 4.78 is 0. The maximum atomic E-state index is 4.55. The van der Waals surface area contributed by atoms with Crippen LogP contribution in [0, 0.1) is 12.8 Å². The third-order valence-corrected chi connectivity index (χ3v) is 3.64. The zero-order chi connectivity index (χ0) is 11.0. The van der Waals surface area contributed by atoms with Gasteiger partial charge in [0, 0.05) is 0 Å². The normalized spacial score (nSPS) is 31.7. The van der Waals surface area contributed by atoms with Crippen molar-refractivity contribution in [2.24, 2.45) is 16.1 Å². The first kappa shape index (κ1) is 9.76. The Morgan fingerprint density at radius 2 is 2.06 bits per heavy atom.